The fourth-order valence-electron chi connectivity index (χ4n) is 2.08. The summed E-state index contributed by atoms with van der Waals surface area (Å²) in [5, 5.41) is 12.0. The number of carbonyl (C=O) groups excluding carboxylic acids is 1. The van der Waals surface area contributed by atoms with Crippen molar-refractivity contribution in [2.45, 2.75) is 0 Å². The molecule has 0 saturated heterocycles. The highest BCUT2D eigenvalue weighted by molar-refractivity contribution is 9.10. The molecule has 0 unspecified atom stereocenters. The Morgan fingerprint density at radius 3 is 2.65 bits per heavy atom. The van der Waals surface area contributed by atoms with Crippen LogP contribution in [0.3, 0.4) is 0 Å². The van der Waals surface area contributed by atoms with E-state index in [9.17, 15) is 10.1 Å². The Labute approximate surface area is 160 Å². The average molecular weight is 411 g/mol. The number of carbonyl (C=O) groups is 1. The molecular formula is C20H15BrN2O3. The summed E-state index contributed by atoms with van der Waals surface area (Å²) in [5.74, 6) is 2.78. The van der Waals surface area contributed by atoms with Gasteiger partial charge in [0.2, 0.25) is 0 Å². The molecule has 2 aromatic rings. The summed E-state index contributed by atoms with van der Waals surface area (Å²) in [7, 11) is 1.49. The van der Waals surface area contributed by atoms with Crippen LogP contribution in [0.5, 0.6) is 11.5 Å². The molecule has 0 aliphatic heterocycles. The van der Waals surface area contributed by atoms with Gasteiger partial charge in [-0.25, -0.2) is 0 Å². The molecule has 0 aliphatic carbocycles. The zero-order valence-corrected chi connectivity index (χ0v) is 15.5. The van der Waals surface area contributed by atoms with Gasteiger partial charge in [-0.15, -0.1) is 6.42 Å². The number of nitrogens with one attached hydrogen (secondary N) is 1. The summed E-state index contributed by atoms with van der Waals surface area (Å²) in [6.07, 6.45) is 6.67. The number of benzene rings is 2. The highest BCUT2D eigenvalue weighted by atomic mass is 79.9. The van der Waals surface area contributed by atoms with E-state index in [0.29, 0.717) is 27.2 Å². The normalized spacial score (nSPS) is 10.4. The second kappa shape index (κ2) is 9.31. The Morgan fingerprint density at radius 1 is 1.31 bits per heavy atom. The second-order valence-corrected chi connectivity index (χ2v) is 5.86. The summed E-state index contributed by atoms with van der Waals surface area (Å²) in [6, 6.07) is 14.1. The largest absolute Gasteiger partial charge is 0.493 e. The van der Waals surface area contributed by atoms with E-state index in [1.165, 1.54) is 13.2 Å². The third-order valence-corrected chi connectivity index (χ3v) is 3.98. The first-order valence-corrected chi connectivity index (χ1v) is 8.30. The van der Waals surface area contributed by atoms with Crippen LogP contribution in [0.15, 0.2) is 52.5 Å². The SMILES string of the molecule is C#CCOc1cc(Br)c(/C=C(\C#N)C(=O)Nc2ccccc2)cc1OC. The van der Waals surface area contributed by atoms with Crippen molar-refractivity contribution in [3.63, 3.8) is 0 Å². The minimum absolute atomic E-state index is 0.0473. The van der Waals surface area contributed by atoms with Crippen LogP contribution in [0.1, 0.15) is 5.56 Å². The standard InChI is InChI=1S/C20H15BrN2O3/c1-3-9-26-19-12-17(21)14(11-18(19)25-2)10-15(13-22)20(24)23-16-7-5-4-6-8-16/h1,4-8,10-12H,9H2,2H3,(H,23,24)/b15-10+. The van der Waals surface area contributed by atoms with Crippen molar-refractivity contribution in [1.29, 1.82) is 5.26 Å². The number of hydrogen-bond acceptors (Lipinski definition) is 4. The number of ether oxygens (including phenoxy) is 2. The summed E-state index contributed by atoms with van der Waals surface area (Å²) >= 11 is 3.40. The number of halogens is 1. The van der Waals surface area contributed by atoms with Crippen molar-refractivity contribution < 1.29 is 14.3 Å². The summed E-state index contributed by atoms with van der Waals surface area (Å²) in [6.45, 7) is 0.0981. The molecular weight excluding hydrogens is 396 g/mol. The highest BCUT2D eigenvalue weighted by Crippen LogP contribution is 2.34. The molecule has 1 amide bonds. The summed E-state index contributed by atoms with van der Waals surface area (Å²) in [4.78, 5) is 12.3. The monoisotopic (exact) mass is 410 g/mol. The van der Waals surface area contributed by atoms with E-state index in [2.05, 4.69) is 27.2 Å². The van der Waals surface area contributed by atoms with Gasteiger partial charge in [-0.05, 0) is 35.9 Å². The molecule has 0 heterocycles. The Balaban J connectivity index is 2.32. The molecule has 5 nitrogen and oxygen atoms in total. The Kier molecular flexibility index (Phi) is 6.84. The number of rotatable bonds is 6. The topological polar surface area (TPSA) is 71.3 Å². The zero-order chi connectivity index (χ0) is 18.9. The van der Waals surface area contributed by atoms with Gasteiger partial charge in [0.05, 0.1) is 7.11 Å². The number of hydrogen-bond donors (Lipinski definition) is 1. The first-order chi connectivity index (χ1) is 12.6. The fraction of sp³-hybridized carbons (Fsp3) is 0.100. The van der Waals surface area contributed by atoms with Gasteiger partial charge in [0.15, 0.2) is 11.5 Å². The van der Waals surface area contributed by atoms with Crippen LogP contribution < -0.4 is 14.8 Å². The molecule has 0 aliphatic rings. The molecule has 0 saturated carbocycles. The van der Waals surface area contributed by atoms with Crippen molar-refractivity contribution in [2.24, 2.45) is 0 Å². The Bertz CT molecular complexity index is 909. The van der Waals surface area contributed by atoms with Crippen molar-refractivity contribution >= 4 is 33.6 Å². The van der Waals surface area contributed by atoms with Crippen LogP contribution in [0.2, 0.25) is 0 Å². The molecule has 2 rings (SSSR count). The molecule has 26 heavy (non-hydrogen) atoms. The molecule has 1 N–H and O–H groups in total. The average Bonchev–Trinajstić information content (AvgIpc) is 2.66. The van der Waals surface area contributed by atoms with Gasteiger partial charge in [0.25, 0.3) is 5.91 Å². The van der Waals surface area contributed by atoms with E-state index >= 15 is 0 Å². The molecule has 0 atom stereocenters. The van der Waals surface area contributed by atoms with Crippen LogP contribution >= 0.6 is 15.9 Å². The molecule has 2 aromatic carbocycles. The first kappa shape index (κ1) is 19.1. The number of nitriles is 1. The summed E-state index contributed by atoms with van der Waals surface area (Å²) < 4.78 is 11.3. The number of amides is 1. The van der Waals surface area contributed by atoms with E-state index in [1.807, 2.05) is 12.1 Å². The third-order valence-electron chi connectivity index (χ3n) is 3.29. The molecule has 0 radical (unpaired) electrons. The molecule has 0 spiro atoms. The van der Waals surface area contributed by atoms with Gasteiger partial charge in [-0.2, -0.15) is 5.26 Å². The van der Waals surface area contributed by atoms with E-state index in [0.717, 1.165) is 0 Å². The van der Waals surface area contributed by atoms with Crippen LogP contribution in [0.4, 0.5) is 5.69 Å². The van der Waals surface area contributed by atoms with Crippen LogP contribution in [-0.2, 0) is 4.79 Å². The maximum Gasteiger partial charge on any atom is 0.266 e. The molecule has 0 aromatic heterocycles. The van der Waals surface area contributed by atoms with Crippen molar-refractivity contribution in [3.05, 3.63) is 58.1 Å². The fourth-order valence-corrected chi connectivity index (χ4v) is 2.51. The predicted molar refractivity (Wildman–Crippen MR) is 104 cm³/mol. The zero-order valence-electron chi connectivity index (χ0n) is 14.0. The molecule has 0 fully saturated rings. The van der Waals surface area contributed by atoms with Crippen molar-refractivity contribution in [1.82, 2.24) is 0 Å². The number of nitrogens with zero attached hydrogens (tertiary/aromatic N) is 1. The molecule has 130 valence electrons. The quantitative estimate of drug-likeness (QED) is 0.443. The predicted octanol–water partition coefficient (Wildman–Crippen LogP) is 4.02. The van der Waals surface area contributed by atoms with Crippen LogP contribution in [0.25, 0.3) is 6.08 Å². The van der Waals surface area contributed by atoms with Gasteiger partial charge in [0, 0.05) is 10.2 Å². The number of methoxy groups -OCH3 is 1. The Hall–Kier alpha value is -3.22. The number of terminal acetylenes is 1. The maximum atomic E-state index is 12.3. The first-order valence-electron chi connectivity index (χ1n) is 7.51. The minimum Gasteiger partial charge on any atom is -0.493 e. The van der Waals surface area contributed by atoms with Gasteiger partial charge >= 0.3 is 0 Å². The van der Waals surface area contributed by atoms with Gasteiger partial charge < -0.3 is 14.8 Å². The van der Waals surface area contributed by atoms with Crippen molar-refractivity contribution in [2.75, 3.05) is 19.0 Å². The van der Waals surface area contributed by atoms with E-state index in [1.54, 1.807) is 36.4 Å². The van der Waals surface area contributed by atoms with E-state index < -0.39 is 5.91 Å². The van der Waals surface area contributed by atoms with E-state index in [-0.39, 0.29) is 12.2 Å². The Morgan fingerprint density at radius 2 is 2.04 bits per heavy atom. The lowest BCUT2D eigenvalue weighted by Crippen LogP contribution is -2.13. The lowest BCUT2D eigenvalue weighted by atomic mass is 10.1. The molecule has 6 heteroatoms. The second-order valence-electron chi connectivity index (χ2n) is 5.01. The smallest absolute Gasteiger partial charge is 0.266 e. The third kappa shape index (κ3) is 4.89. The van der Waals surface area contributed by atoms with Crippen LogP contribution in [0, 0.1) is 23.7 Å². The van der Waals surface area contributed by atoms with Crippen molar-refractivity contribution in [3.8, 4) is 29.9 Å². The minimum atomic E-state index is -0.503. The highest BCUT2D eigenvalue weighted by Gasteiger charge is 2.13. The molecule has 0 bridgehead atoms. The lowest BCUT2D eigenvalue weighted by molar-refractivity contribution is -0.112. The van der Waals surface area contributed by atoms with Crippen LogP contribution in [-0.4, -0.2) is 19.6 Å². The number of para-hydroxylation sites is 1. The maximum absolute atomic E-state index is 12.3. The summed E-state index contributed by atoms with van der Waals surface area (Å²) in [5.41, 5.74) is 1.15. The lowest BCUT2D eigenvalue weighted by Gasteiger charge is -2.11. The number of anilines is 1. The van der Waals surface area contributed by atoms with Gasteiger partial charge in [0.1, 0.15) is 18.2 Å². The van der Waals surface area contributed by atoms with E-state index in [4.69, 9.17) is 15.9 Å². The van der Waals surface area contributed by atoms with Gasteiger partial charge in [-0.1, -0.05) is 40.0 Å². The van der Waals surface area contributed by atoms with Gasteiger partial charge in [-0.3, -0.25) is 4.79 Å².